The zero-order chi connectivity index (χ0) is 44.5. The van der Waals surface area contributed by atoms with Crippen LogP contribution >= 0.6 is 0 Å². The van der Waals surface area contributed by atoms with Gasteiger partial charge in [0.25, 0.3) is 0 Å². The largest absolute Gasteiger partial charge is 0.455 e. The van der Waals surface area contributed by atoms with Crippen LogP contribution in [0.3, 0.4) is 0 Å². The number of hydrogen-bond donors (Lipinski definition) is 0. The average Bonchev–Trinajstić information content (AvgIpc) is 3.81. The Morgan fingerprint density at radius 1 is 0.254 bits per heavy atom. The second kappa shape index (κ2) is 17.1. The molecule has 12 aromatic rings. The summed E-state index contributed by atoms with van der Waals surface area (Å²) in [5, 5.41) is 2.11. The van der Waals surface area contributed by atoms with E-state index < -0.39 is 0 Å². The maximum Gasteiger partial charge on any atom is 0.164 e. The van der Waals surface area contributed by atoms with Gasteiger partial charge in [-0.15, -0.1) is 0 Å². The fourth-order valence-corrected chi connectivity index (χ4v) is 8.91. The van der Waals surface area contributed by atoms with E-state index in [-0.39, 0.29) is 0 Å². The van der Waals surface area contributed by atoms with Crippen LogP contribution in [0.1, 0.15) is 0 Å². The number of fused-ring (bicyclic) bond motifs is 3. The summed E-state index contributed by atoms with van der Waals surface area (Å²) in [5.74, 6) is 1.81. The highest BCUT2D eigenvalue weighted by Crippen LogP contribution is 2.42. The molecule has 0 atom stereocenters. The normalized spacial score (nSPS) is 11.3. The third-order valence-electron chi connectivity index (χ3n) is 12.3. The fraction of sp³-hybridized carbons (Fsp3) is 0. The van der Waals surface area contributed by atoms with Gasteiger partial charge in [-0.3, -0.25) is 9.97 Å². The first-order valence-electron chi connectivity index (χ1n) is 22.3. The molecular formula is C61H39N5O. The van der Waals surface area contributed by atoms with E-state index in [0.29, 0.717) is 17.5 Å². The Labute approximate surface area is 387 Å². The second-order valence-electron chi connectivity index (χ2n) is 16.5. The van der Waals surface area contributed by atoms with Gasteiger partial charge in [0.1, 0.15) is 11.2 Å². The molecule has 0 saturated carbocycles. The predicted molar refractivity (Wildman–Crippen MR) is 272 cm³/mol. The number of para-hydroxylation sites is 2. The lowest BCUT2D eigenvalue weighted by atomic mass is 9.93. The van der Waals surface area contributed by atoms with Crippen molar-refractivity contribution >= 4 is 21.9 Å². The number of furan rings is 1. The van der Waals surface area contributed by atoms with Crippen molar-refractivity contribution in [3.05, 3.63) is 237 Å². The van der Waals surface area contributed by atoms with E-state index in [2.05, 4.69) is 198 Å². The summed E-state index contributed by atoms with van der Waals surface area (Å²) in [7, 11) is 0. The molecule has 0 unspecified atom stereocenters. The van der Waals surface area contributed by atoms with E-state index in [1.807, 2.05) is 36.7 Å². The highest BCUT2D eigenvalue weighted by Gasteiger charge is 2.19. The lowest BCUT2D eigenvalue weighted by molar-refractivity contribution is 0.671. The Morgan fingerprint density at radius 2 is 0.612 bits per heavy atom. The van der Waals surface area contributed by atoms with E-state index in [9.17, 15) is 0 Å². The smallest absolute Gasteiger partial charge is 0.164 e. The fourth-order valence-electron chi connectivity index (χ4n) is 8.91. The molecule has 8 aromatic carbocycles. The minimum Gasteiger partial charge on any atom is -0.455 e. The molecule has 4 aromatic heterocycles. The van der Waals surface area contributed by atoms with Gasteiger partial charge in [-0.2, -0.15) is 0 Å². The summed E-state index contributed by atoms with van der Waals surface area (Å²) in [6.07, 6.45) is 7.41. The molecule has 0 fully saturated rings. The number of hydrogen-bond acceptors (Lipinski definition) is 6. The third kappa shape index (κ3) is 7.73. The first-order chi connectivity index (χ1) is 33.2. The highest BCUT2D eigenvalue weighted by molar-refractivity contribution is 6.13. The van der Waals surface area contributed by atoms with Crippen LogP contribution in [0.25, 0.3) is 123 Å². The molecule has 0 amide bonds. The molecule has 6 nitrogen and oxygen atoms in total. The topological polar surface area (TPSA) is 77.6 Å². The van der Waals surface area contributed by atoms with Gasteiger partial charge >= 0.3 is 0 Å². The molecule has 0 N–H and O–H groups in total. The molecule has 67 heavy (non-hydrogen) atoms. The number of nitrogens with zero attached hydrogens (tertiary/aromatic N) is 5. The van der Waals surface area contributed by atoms with Crippen molar-refractivity contribution in [3.8, 4) is 101 Å². The molecule has 4 heterocycles. The van der Waals surface area contributed by atoms with Crippen LogP contribution in [0.15, 0.2) is 242 Å². The van der Waals surface area contributed by atoms with Crippen LogP contribution in [0.5, 0.6) is 0 Å². The van der Waals surface area contributed by atoms with E-state index in [0.717, 1.165) is 105 Å². The van der Waals surface area contributed by atoms with Crippen molar-refractivity contribution in [1.82, 2.24) is 24.9 Å². The van der Waals surface area contributed by atoms with E-state index in [4.69, 9.17) is 19.4 Å². The molecular weight excluding hydrogens is 819 g/mol. The van der Waals surface area contributed by atoms with Gasteiger partial charge < -0.3 is 4.42 Å². The maximum absolute atomic E-state index is 6.97. The van der Waals surface area contributed by atoms with Gasteiger partial charge in [0.2, 0.25) is 0 Å². The summed E-state index contributed by atoms with van der Waals surface area (Å²) in [6.45, 7) is 0. The number of aromatic nitrogens is 5. The Kier molecular flexibility index (Phi) is 10.1. The van der Waals surface area contributed by atoms with E-state index in [1.54, 1.807) is 12.4 Å². The number of benzene rings is 8. The second-order valence-corrected chi connectivity index (χ2v) is 16.5. The van der Waals surface area contributed by atoms with Gasteiger partial charge in [0.05, 0.1) is 0 Å². The zero-order valence-electron chi connectivity index (χ0n) is 36.2. The molecule has 6 heteroatoms. The number of pyridine rings is 2. The minimum absolute atomic E-state index is 0.594. The SMILES string of the molecule is c1ccc(-c2ccc(-c3nc(-c4ccc(-c5ccccc5)cc4)nc(-c4ccc(-c5cccc6c5oc5c(-c7cc(-c8cccnc8)cc(-c8cccnc8)c7)cccc56)cc4)n3)cc2)cc1. The van der Waals surface area contributed by atoms with Crippen LogP contribution in [0, 0.1) is 0 Å². The third-order valence-corrected chi connectivity index (χ3v) is 12.3. The molecule has 314 valence electrons. The van der Waals surface area contributed by atoms with Crippen LogP contribution in [-0.2, 0) is 0 Å². The zero-order valence-corrected chi connectivity index (χ0v) is 36.2. The molecule has 0 bridgehead atoms. The van der Waals surface area contributed by atoms with Crippen molar-refractivity contribution in [1.29, 1.82) is 0 Å². The van der Waals surface area contributed by atoms with Crippen molar-refractivity contribution in [3.63, 3.8) is 0 Å². The van der Waals surface area contributed by atoms with Gasteiger partial charge in [-0.1, -0.05) is 182 Å². The number of rotatable bonds is 9. The quantitative estimate of drug-likeness (QED) is 0.144. The molecule has 0 aliphatic heterocycles. The lowest BCUT2D eigenvalue weighted by Gasteiger charge is -2.11. The predicted octanol–water partition coefficient (Wildman–Crippen LogP) is 15.6. The molecule has 0 aliphatic carbocycles. The standard InChI is InChI=1S/C61H39N5O/c1-3-11-40(12-4-1)42-21-27-45(28-22-42)59-64-60(46-29-23-43(24-30-46)41-13-5-2-6-14-41)66-61(65-59)47-31-25-44(26-32-47)53-17-7-19-55-56-20-8-18-54(58(56)67-57(53)55)52-36-50(48-15-9-33-62-38-48)35-51(37-52)49-16-10-34-63-39-49/h1-39H. The van der Waals surface area contributed by atoms with Gasteiger partial charge in [0, 0.05) is 74.5 Å². The Balaban J connectivity index is 0.927. The Morgan fingerprint density at radius 3 is 1.03 bits per heavy atom. The summed E-state index contributed by atoms with van der Waals surface area (Å²) < 4.78 is 6.97. The summed E-state index contributed by atoms with van der Waals surface area (Å²) >= 11 is 0. The lowest BCUT2D eigenvalue weighted by Crippen LogP contribution is -2.00. The van der Waals surface area contributed by atoms with E-state index >= 15 is 0 Å². The molecule has 0 saturated heterocycles. The van der Waals surface area contributed by atoms with Crippen LogP contribution in [-0.4, -0.2) is 24.9 Å². The summed E-state index contributed by atoms with van der Waals surface area (Å²) in [4.78, 5) is 24.1. The molecule has 0 spiro atoms. The minimum atomic E-state index is 0.594. The van der Waals surface area contributed by atoms with Crippen molar-refractivity contribution < 1.29 is 4.42 Å². The van der Waals surface area contributed by atoms with Crippen molar-refractivity contribution in [2.24, 2.45) is 0 Å². The summed E-state index contributed by atoms with van der Waals surface area (Å²) in [6, 6.07) is 73.6. The van der Waals surface area contributed by atoms with Gasteiger partial charge in [-0.25, -0.2) is 15.0 Å². The first kappa shape index (κ1) is 39.5. The summed E-state index contributed by atoms with van der Waals surface area (Å²) in [5.41, 5.74) is 17.2. The molecule has 0 aliphatic rings. The van der Waals surface area contributed by atoms with Crippen molar-refractivity contribution in [2.45, 2.75) is 0 Å². The van der Waals surface area contributed by atoms with Crippen LogP contribution < -0.4 is 0 Å². The average molecular weight is 858 g/mol. The highest BCUT2D eigenvalue weighted by atomic mass is 16.3. The van der Waals surface area contributed by atoms with Gasteiger partial charge in [0.15, 0.2) is 17.5 Å². The van der Waals surface area contributed by atoms with E-state index in [1.165, 1.54) is 0 Å². The van der Waals surface area contributed by atoms with Gasteiger partial charge in [-0.05, 0) is 74.8 Å². The maximum atomic E-state index is 6.97. The van der Waals surface area contributed by atoms with Crippen LogP contribution in [0.2, 0.25) is 0 Å². The Hall–Kier alpha value is -9.13. The molecule has 12 rings (SSSR count). The van der Waals surface area contributed by atoms with Crippen LogP contribution in [0.4, 0.5) is 0 Å². The monoisotopic (exact) mass is 857 g/mol. The van der Waals surface area contributed by atoms with Crippen molar-refractivity contribution in [2.75, 3.05) is 0 Å². The first-order valence-corrected chi connectivity index (χ1v) is 22.3. The molecule has 0 radical (unpaired) electrons. The Bertz CT molecular complexity index is 3530.